The summed E-state index contributed by atoms with van der Waals surface area (Å²) in [5.74, 6) is 2.12. The highest BCUT2D eigenvalue weighted by atomic mass is 35.5. The minimum absolute atomic E-state index is 0. The Morgan fingerprint density at radius 1 is 1.32 bits per heavy atom. The highest BCUT2D eigenvalue weighted by Gasteiger charge is 2.28. The van der Waals surface area contributed by atoms with Crippen molar-refractivity contribution in [2.24, 2.45) is 5.73 Å². The molecule has 1 heterocycles. The van der Waals surface area contributed by atoms with E-state index in [0.29, 0.717) is 25.3 Å². The topological polar surface area (TPSA) is 81.2 Å². The summed E-state index contributed by atoms with van der Waals surface area (Å²) in [5, 5.41) is 2.85. The summed E-state index contributed by atoms with van der Waals surface area (Å²) in [6.45, 7) is 0.529. The zero-order chi connectivity index (χ0) is 14.7. The van der Waals surface area contributed by atoms with Gasteiger partial charge in [-0.2, -0.15) is 0 Å². The molecule has 0 saturated heterocycles. The van der Waals surface area contributed by atoms with Crippen LogP contribution in [0.4, 0.5) is 5.69 Å². The second-order valence-electron chi connectivity index (χ2n) is 5.35. The highest BCUT2D eigenvalue weighted by Crippen LogP contribution is 2.40. The lowest BCUT2D eigenvalue weighted by atomic mass is 10.1. The lowest BCUT2D eigenvalue weighted by Crippen LogP contribution is -2.13. The van der Waals surface area contributed by atoms with Gasteiger partial charge in [-0.25, -0.2) is 4.98 Å². The fourth-order valence-corrected chi connectivity index (χ4v) is 2.14. The van der Waals surface area contributed by atoms with Crippen LogP contribution in [0.5, 0.6) is 0 Å². The molecule has 0 atom stereocenters. The van der Waals surface area contributed by atoms with Crippen molar-refractivity contribution in [2.45, 2.75) is 31.6 Å². The molecule has 3 rings (SSSR count). The molecule has 1 amide bonds. The summed E-state index contributed by atoms with van der Waals surface area (Å²) in [7, 11) is 0. The normalized spacial score (nSPS) is 13.5. The molecule has 1 aromatic heterocycles. The molecular weight excluding hydrogens is 302 g/mol. The first-order valence-corrected chi connectivity index (χ1v) is 7.32. The number of amides is 1. The van der Waals surface area contributed by atoms with E-state index in [1.807, 2.05) is 24.3 Å². The van der Waals surface area contributed by atoms with Crippen molar-refractivity contribution in [3.05, 3.63) is 36.4 Å². The molecule has 0 radical (unpaired) electrons. The van der Waals surface area contributed by atoms with Crippen LogP contribution in [0.25, 0.3) is 11.3 Å². The summed E-state index contributed by atoms with van der Waals surface area (Å²) in [6, 6.07) is 7.59. The maximum atomic E-state index is 11.6. The minimum atomic E-state index is -0.0103. The molecule has 118 valence electrons. The van der Waals surface area contributed by atoms with E-state index in [4.69, 9.17) is 10.2 Å². The molecule has 5 nitrogen and oxygen atoms in total. The lowest BCUT2D eigenvalue weighted by Gasteiger charge is -2.05. The van der Waals surface area contributed by atoms with Crippen LogP contribution in [0, 0.1) is 0 Å². The number of carbonyl (C=O) groups excluding carboxylic acids is 1. The van der Waals surface area contributed by atoms with Crippen LogP contribution in [0.2, 0.25) is 0 Å². The van der Waals surface area contributed by atoms with Crippen molar-refractivity contribution in [1.82, 2.24) is 4.98 Å². The fraction of sp³-hybridized carbons (Fsp3) is 0.375. The molecule has 1 aromatic carbocycles. The van der Waals surface area contributed by atoms with E-state index in [-0.39, 0.29) is 18.3 Å². The summed E-state index contributed by atoms with van der Waals surface area (Å²) < 4.78 is 5.76. The number of halogens is 1. The number of hydrogen-bond donors (Lipinski definition) is 2. The Balaban J connectivity index is 0.00000176. The standard InChI is InChI=1S/C16H19N3O2.ClH/c17-9-1-2-15(20)19-13-7-5-11(6-8-13)14-10-18-16(21-14)12-3-4-12;/h5-8,10,12H,1-4,9,17H2,(H,19,20);1H. The van der Waals surface area contributed by atoms with Crippen LogP contribution >= 0.6 is 12.4 Å². The fourth-order valence-electron chi connectivity index (χ4n) is 2.14. The number of nitrogens with one attached hydrogen (secondary N) is 1. The molecule has 0 bridgehead atoms. The summed E-state index contributed by atoms with van der Waals surface area (Å²) >= 11 is 0. The summed E-state index contributed by atoms with van der Waals surface area (Å²) in [4.78, 5) is 15.9. The van der Waals surface area contributed by atoms with Gasteiger partial charge < -0.3 is 15.5 Å². The SMILES string of the molecule is Cl.NCCCC(=O)Nc1ccc(-c2cnc(C3CC3)o2)cc1. The maximum Gasteiger partial charge on any atom is 0.224 e. The van der Waals surface area contributed by atoms with Gasteiger partial charge in [0.15, 0.2) is 11.7 Å². The molecule has 1 aliphatic carbocycles. The van der Waals surface area contributed by atoms with Gasteiger partial charge in [-0.3, -0.25) is 4.79 Å². The Morgan fingerprint density at radius 2 is 2.05 bits per heavy atom. The smallest absolute Gasteiger partial charge is 0.224 e. The van der Waals surface area contributed by atoms with E-state index in [2.05, 4.69) is 10.3 Å². The quantitative estimate of drug-likeness (QED) is 0.855. The van der Waals surface area contributed by atoms with Gasteiger partial charge in [0.1, 0.15) is 0 Å². The number of carbonyl (C=O) groups is 1. The number of anilines is 1. The van der Waals surface area contributed by atoms with E-state index in [1.54, 1.807) is 6.20 Å². The molecule has 0 aliphatic heterocycles. The van der Waals surface area contributed by atoms with Gasteiger partial charge in [-0.05, 0) is 50.1 Å². The molecule has 1 saturated carbocycles. The Labute approximate surface area is 135 Å². The monoisotopic (exact) mass is 321 g/mol. The van der Waals surface area contributed by atoms with Crippen LogP contribution in [-0.4, -0.2) is 17.4 Å². The molecule has 1 fully saturated rings. The van der Waals surface area contributed by atoms with Gasteiger partial charge in [0.25, 0.3) is 0 Å². The number of nitrogens with two attached hydrogens (primary N) is 1. The van der Waals surface area contributed by atoms with Gasteiger partial charge in [-0.15, -0.1) is 12.4 Å². The van der Waals surface area contributed by atoms with Crippen LogP contribution in [0.3, 0.4) is 0 Å². The molecule has 22 heavy (non-hydrogen) atoms. The molecule has 2 aromatic rings. The van der Waals surface area contributed by atoms with Crippen molar-refractivity contribution in [2.75, 3.05) is 11.9 Å². The number of nitrogens with zero attached hydrogens (tertiary/aromatic N) is 1. The second kappa shape index (κ2) is 7.42. The van der Waals surface area contributed by atoms with E-state index in [9.17, 15) is 4.79 Å². The van der Waals surface area contributed by atoms with Gasteiger partial charge >= 0.3 is 0 Å². The van der Waals surface area contributed by atoms with Crippen molar-refractivity contribution in [3.8, 4) is 11.3 Å². The van der Waals surface area contributed by atoms with Crippen molar-refractivity contribution >= 4 is 24.0 Å². The Bertz CT molecular complexity index is 621. The number of benzene rings is 1. The number of aromatic nitrogens is 1. The van der Waals surface area contributed by atoms with Gasteiger partial charge in [-0.1, -0.05) is 0 Å². The van der Waals surface area contributed by atoms with Gasteiger partial charge in [0.2, 0.25) is 5.91 Å². The zero-order valence-electron chi connectivity index (χ0n) is 12.2. The number of rotatable bonds is 6. The maximum absolute atomic E-state index is 11.6. The largest absolute Gasteiger partial charge is 0.440 e. The third kappa shape index (κ3) is 4.08. The first-order valence-electron chi connectivity index (χ1n) is 7.32. The van der Waals surface area contributed by atoms with Crippen LogP contribution in [0.15, 0.2) is 34.9 Å². The molecule has 1 aliphatic rings. The average molecular weight is 322 g/mol. The predicted molar refractivity (Wildman–Crippen MR) is 88.1 cm³/mol. The zero-order valence-corrected chi connectivity index (χ0v) is 13.1. The van der Waals surface area contributed by atoms with Crippen LogP contribution < -0.4 is 11.1 Å². The van der Waals surface area contributed by atoms with E-state index in [1.165, 1.54) is 12.8 Å². The third-order valence-electron chi connectivity index (χ3n) is 3.51. The molecule has 0 unspecified atom stereocenters. The van der Waals surface area contributed by atoms with Crippen molar-refractivity contribution in [1.29, 1.82) is 0 Å². The minimum Gasteiger partial charge on any atom is -0.440 e. The first kappa shape index (κ1) is 16.5. The van der Waals surface area contributed by atoms with E-state index in [0.717, 1.165) is 22.9 Å². The highest BCUT2D eigenvalue weighted by molar-refractivity contribution is 5.90. The summed E-state index contributed by atoms with van der Waals surface area (Å²) in [5.41, 5.74) is 7.13. The van der Waals surface area contributed by atoms with Crippen molar-refractivity contribution in [3.63, 3.8) is 0 Å². The number of hydrogen-bond acceptors (Lipinski definition) is 4. The van der Waals surface area contributed by atoms with Gasteiger partial charge in [0.05, 0.1) is 6.20 Å². The number of oxazole rings is 1. The third-order valence-corrected chi connectivity index (χ3v) is 3.51. The van der Waals surface area contributed by atoms with Crippen LogP contribution in [-0.2, 0) is 4.79 Å². The summed E-state index contributed by atoms with van der Waals surface area (Å²) in [6.07, 6.45) is 5.26. The molecule has 3 N–H and O–H groups in total. The molecule has 6 heteroatoms. The Kier molecular flexibility index (Phi) is 5.57. The first-order chi connectivity index (χ1) is 10.3. The Morgan fingerprint density at radius 3 is 2.68 bits per heavy atom. The Hall–Kier alpha value is -1.85. The van der Waals surface area contributed by atoms with Crippen LogP contribution in [0.1, 0.15) is 37.5 Å². The lowest BCUT2D eigenvalue weighted by molar-refractivity contribution is -0.116. The molecule has 0 spiro atoms. The van der Waals surface area contributed by atoms with E-state index < -0.39 is 0 Å². The molecular formula is C16H20ClN3O2. The predicted octanol–water partition coefficient (Wildman–Crippen LogP) is 3.32. The van der Waals surface area contributed by atoms with Crippen molar-refractivity contribution < 1.29 is 9.21 Å². The second-order valence-corrected chi connectivity index (χ2v) is 5.35. The average Bonchev–Trinajstić information content (AvgIpc) is 3.24. The van der Waals surface area contributed by atoms with E-state index >= 15 is 0 Å². The van der Waals surface area contributed by atoms with Gasteiger partial charge in [0, 0.05) is 23.6 Å².